The molecule has 2 aromatic rings. The summed E-state index contributed by atoms with van der Waals surface area (Å²) in [4.78, 5) is 26.6. The highest BCUT2D eigenvalue weighted by atomic mass is 35.5. The van der Waals surface area contributed by atoms with Gasteiger partial charge in [0.05, 0.1) is 11.5 Å². The van der Waals surface area contributed by atoms with Crippen molar-refractivity contribution in [2.45, 2.75) is 71.6 Å². The Hall–Kier alpha value is -1.85. The fourth-order valence-electron chi connectivity index (χ4n) is 5.01. The number of rotatable bonds is 11. The molecule has 4 nitrogen and oxygen atoms in total. The van der Waals surface area contributed by atoms with E-state index in [1.807, 2.05) is 26.0 Å². The number of ketones is 1. The van der Waals surface area contributed by atoms with Crippen molar-refractivity contribution in [2.24, 2.45) is 11.8 Å². The minimum atomic E-state index is -0.0709. The van der Waals surface area contributed by atoms with Gasteiger partial charge in [-0.05, 0) is 94.5 Å². The highest BCUT2D eigenvalue weighted by molar-refractivity contribution is 7.14. The maximum Gasteiger partial charge on any atom is 0.261 e. The maximum atomic E-state index is 12.7. The fraction of sp³-hybridized carbons (Fsp3) is 0.556. The monoisotopic (exact) mass is 489 g/mol. The summed E-state index contributed by atoms with van der Waals surface area (Å²) < 4.78 is 5.77. The van der Waals surface area contributed by atoms with Gasteiger partial charge in [-0.2, -0.15) is 0 Å². The summed E-state index contributed by atoms with van der Waals surface area (Å²) in [6.45, 7) is 9.41. The van der Waals surface area contributed by atoms with E-state index in [9.17, 15) is 9.59 Å². The molecule has 1 N–H and O–H groups in total. The van der Waals surface area contributed by atoms with E-state index < -0.39 is 0 Å². The van der Waals surface area contributed by atoms with Crippen LogP contribution in [-0.2, 0) is 17.6 Å². The first kappa shape index (κ1) is 25.8. The van der Waals surface area contributed by atoms with Gasteiger partial charge in [-0.1, -0.05) is 12.1 Å². The topological polar surface area (TPSA) is 55.4 Å². The number of Topliss-reactive ketones (excluding diaryl/α,β-unsaturated/α-hetero) is 1. The van der Waals surface area contributed by atoms with Gasteiger partial charge < -0.3 is 10.1 Å². The molecular weight excluding hydrogens is 454 g/mol. The lowest BCUT2D eigenvalue weighted by molar-refractivity contribution is -0.121. The Morgan fingerprint density at radius 2 is 1.88 bits per heavy atom. The number of benzene rings is 1. The Labute approximate surface area is 207 Å². The molecule has 1 saturated carbocycles. The van der Waals surface area contributed by atoms with E-state index in [0.717, 1.165) is 53.9 Å². The average Bonchev–Trinajstić information content (AvgIpc) is 3.34. The molecule has 180 valence electrons. The van der Waals surface area contributed by atoms with Gasteiger partial charge in [0.25, 0.3) is 5.91 Å². The highest BCUT2D eigenvalue weighted by Crippen LogP contribution is 2.39. The van der Waals surface area contributed by atoms with E-state index in [1.54, 1.807) is 11.3 Å². The molecule has 1 aromatic heterocycles. The maximum absolute atomic E-state index is 12.7. The second kappa shape index (κ2) is 12.0. The predicted molar refractivity (Wildman–Crippen MR) is 137 cm³/mol. The number of carbonyl (C=O) groups excluding carboxylic acids is 2. The first-order chi connectivity index (χ1) is 15.8. The smallest absolute Gasteiger partial charge is 0.261 e. The Morgan fingerprint density at radius 3 is 2.55 bits per heavy atom. The summed E-state index contributed by atoms with van der Waals surface area (Å²) in [7, 11) is 0. The summed E-state index contributed by atoms with van der Waals surface area (Å²) in [5, 5.41) is 2.77. The Balaban J connectivity index is 1.56. The van der Waals surface area contributed by atoms with E-state index in [-0.39, 0.29) is 23.1 Å². The number of amides is 1. The van der Waals surface area contributed by atoms with Crippen molar-refractivity contribution >= 4 is 34.6 Å². The molecule has 0 radical (unpaired) electrons. The molecule has 1 fully saturated rings. The third-order valence-corrected chi connectivity index (χ3v) is 8.15. The van der Waals surface area contributed by atoms with E-state index in [4.69, 9.17) is 16.3 Å². The molecular formula is C27H36ClNO3S. The lowest BCUT2D eigenvalue weighted by atomic mass is 9.85. The highest BCUT2D eigenvalue weighted by Gasteiger charge is 2.40. The van der Waals surface area contributed by atoms with Crippen molar-refractivity contribution < 1.29 is 14.3 Å². The molecule has 3 rings (SSSR count). The van der Waals surface area contributed by atoms with Crippen LogP contribution in [0.3, 0.4) is 0 Å². The van der Waals surface area contributed by atoms with E-state index in [0.29, 0.717) is 25.4 Å². The third kappa shape index (κ3) is 6.60. The minimum Gasteiger partial charge on any atom is -0.493 e. The van der Waals surface area contributed by atoms with Crippen LogP contribution in [0.25, 0.3) is 0 Å². The zero-order chi connectivity index (χ0) is 24.0. The predicted octanol–water partition coefficient (Wildman–Crippen LogP) is 6.28. The lowest BCUT2D eigenvalue weighted by Crippen LogP contribution is -2.21. The number of halogens is 1. The van der Waals surface area contributed by atoms with Gasteiger partial charge in [-0.15, -0.1) is 22.9 Å². The molecule has 1 heterocycles. The minimum absolute atomic E-state index is 0.00970. The number of alkyl halides is 1. The van der Waals surface area contributed by atoms with Gasteiger partial charge in [0.1, 0.15) is 11.5 Å². The number of nitrogens with one attached hydrogen (secondary N) is 1. The van der Waals surface area contributed by atoms with Crippen LogP contribution in [0.1, 0.15) is 70.8 Å². The third-order valence-electron chi connectivity index (χ3n) is 6.53. The van der Waals surface area contributed by atoms with Crippen molar-refractivity contribution in [3.05, 3.63) is 50.7 Å². The number of carbonyl (C=O) groups is 2. The molecule has 33 heavy (non-hydrogen) atoms. The van der Waals surface area contributed by atoms with Crippen molar-refractivity contribution in [3.63, 3.8) is 0 Å². The summed E-state index contributed by atoms with van der Waals surface area (Å²) >= 11 is 8.19. The molecule has 0 saturated heterocycles. The second-order valence-electron chi connectivity index (χ2n) is 9.00. The molecule has 0 aliphatic heterocycles. The first-order valence-corrected chi connectivity index (χ1v) is 13.4. The van der Waals surface area contributed by atoms with Crippen LogP contribution in [0.5, 0.6) is 5.75 Å². The zero-order valence-corrected chi connectivity index (χ0v) is 21.8. The zero-order valence-electron chi connectivity index (χ0n) is 20.2. The van der Waals surface area contributed by atoms with Crippen LogP contribution in [0, 0.1) is 25.7 Å². The quantitative estimate of drug-likeness (QED) is 0.378. The number of ether oxygens (including phenoxy) is 1. The van der Waals surface area contributed by atoms with Gasteiger partial charge in [0.15, 0.2) is 0 Å². The van der Waals surface area contributed by atoms with Crippen LogP contribution in [-0.4, -0.2) is 30.2 Å². The number of hydrogen-bond acceptors (Lipinski definition) is 4. The van der Waals surface area contributed by atoms with Gasteiger partial charge in [-0.25, -0.2) is 0 Å². The molecule has 0 spiro atoms. The van der Waals surface area contributed by atoms with Crippen LogP contribution in [0.4, 0.5) is 0 Å². The van der Waals surface area contributed by atoms with Crippen LogP contribution in [0.15, 0.2) is 24.3 Å². The van der Waals surface area contributed by atoms with Gasteiger partial charge in [-0.3, -0.25) is 9.59 Å². The van der Waals surface area contributed by atoms with Gasteiger partial charge in [0, 0.05) is 29.1 Å². The summed E-state index contributed by atoms with van der Waals surface area (Å²) in [5.41, 5.74) is 3.61. The molecule has 1 aliphatic rings. The molecule has 3 atom stereocenters. The number of thiophene rings is 1. The molecule has 6 heteroatoms. The van der Waals surface area contributed by atoms with Crippen LogP contribution < -0.4 is 10.1 Å². The van der Waals surface area contributed by atoms with Crippen molar-refractivity contribution in [1.82, 2.24) is 5.32 Å². The van der Waals surface area contributed by atoms with Crippen molar-refractivity contribution in [1.29, 1.82) is 0 Å². The molecule has 1 amide bonds. The Morgan fingerprint density at radius 1 is 1.15 bits per heavy atom. The van der Waals surface area contributed by atoms with E-state index >= 15 is 0 Å². The molecule has 1 aromatic carbocycles. The molecule has 1 aliphatic carbocycles. The number of hydrogen-bond donors (Lipinski definition) is 1. The second-order valence-corrected chi connectivity index (χ2v) is 10.7. The summed E-state index contributed by atoms with van der Waals surface area (Å²) in [6, 6.07) is 8.33. The van der Waals surface area contributed by atoms with Crippen molar-refractivity contribution in [2.75, 3.05) is 13.2 Å². The van der Waals surface area contributed by atoms with Crippen molar-refractivity contribution in [3.8, 4) is 5.75 Å². The van der Waals surface area contributed by atoms with E-state index in [2.05, 4.69) is 31.3 Å². The standard InChI is InChI=1S/C27H36ClNO3S/c1-5-29-27(31)25-13-11-20(33-25)8-7-9-22-21(23(28)16-24(22)30)12-10-19-14-17(3)26(32-6-2)18(4)15-19/h11,13-15,21-23H,5-10,12,16H2,1-4H3,(H,29,31)/t21-,22-,23?/m1/s1. The SMILES string of the molecule is CCNC(=O)c1ccc(CCC[C@H]2C(=O)CC(Cl)[C@@H]2CCc2cc(C)c(OCC)c(C)c2)s1. The molecule has 1 unspecified atom stereocenters. The lowest BCUT2D eigenvalue weighted by Gasteiger charge is -2.21. The van der Waals surface area contributed by atoms with Gasteiger partial charge >= 0.3 is 0 Å². The molecule has 0 bridgehead atoms. The summed E-state index contributed by atoms with van der Waals surface area (Å²) in [6.07, 6.45) is 5.03. The Bertz CT molecular complexity index is 947. The largest absolute Gasteiger partial charge is 0.493 e. The normalized spacial score (nSPS) is 20.3. The van der Waals surface area contributed by atoms with Gasteiger partial charge in [0.2, 0.25) is 0 Å². The number of aryl methyl sites for hydroxylation is 4. The Kier molecular flexibility index (Phi) is 9.39. The first-order valence-electron chi connectivity index (χ1n) is 12.1. The summed E-state index contributed by atoms with van der Waals surface area (Å²) in [5.74, 6) is 1.55. The fourth-order valence-corrected chi connectivity index (χ4v) is 6.43. The average molecular weight is 490 g/mol. The van der Waals surface area contributed by atoms with Crippen LogP contribution in [0.2, 0.25) is 0 Å². The van der Waals surface area contributed by atoms with Crippen LogP contribution >= 0.6 is 22.9 Å². The van der Waals surface area contributed by atoms with E-state index in [1.165, 1.54) is 10.4 Å².